The summed E-state index contributed by atoms with van der Waals surface area (Å²) >= 11 is 2.51. The van der Waals surface area contributed by atoms with E-state index in [2.05, 4.69) is 46.3 Å². The third-order valence-electron chi connectivity index (χ3n) is 5.18. The number of hydrogen-bond acceptors (Lipinski definition) is 2. The molecule has 0 atom stereocenters. The first-order valence-corrected chi connectivity index (χ1v) is 15.8. The minimum atomic E-state index is -3.85. The Bertz CT molecular complexity index is 1170. The Morgan fingerprint density at radius 1 is 0.677 bits per heavy atom. The van der Waals surface area contributed by atoms with Gasteiger partial charge in [0.05, 0.1) is 0 Å². The van der Waals surface area contributed by atoms with Crippen LogP contribution in [0.2, 0.25) is 5.02 Å². The molecule has 0 aliphatic rings. The monoisotopic (exact) mass is 531 g/mol. The van der Waals surface area contributed by atoms with Crippen molar-refractivity contribution < 1.29 is 4.92 Å². The van der Waals surface area contributed by atoms with Gasteiger partial charge in [-0.05, 0) is 0 Å². The van der Waals surface area contributed by atoms with Gasteiger partial charge in [0.15, 0.2) is 0 Å². The SMILES string of the molecule is O=[N+]([O-])c1cccc(Cl)c1C#[C][Sn]([c]1ccccc1)([c]1ccccc1)[c]1ccccc1. The number of rotatable bonds is 4. The van der Waals surface area contributed by atoms with Crippen LogP contribution in [0.25, 0.3) is 0 Å². The number of nitro benzene ring substituents is 1. The van der Waals surface area contributed by atoms with E-state index < -0.39 is 23.3 Å². The van der Waals surface area contributed by atoms with Gasteiger partial charge in [-0.2, -0.15) is 0 Å². The zero-order valence-corrected chi connectivity index (χ0v) is 20.1. The normalized spacial score (nSPS) is 10.7. The zero-order valence-electron chi connectivity index (χ0n) is 16.5. The molecule has 0 amide bonds. The van der Waals surface area contributed by atoms with Gasteiger partial charge in [-0.15, -0.1) is 0 Å². The summed E-state index contributed by atoms with van der Waals surface area (Å²) in [6, 6.07) is 35.5. The van der Waals surface area contributed by atoms with Crippen molar-refractivity contribution in [2.45, 2.75) is 0 Å². The van der Waals surface area contributed by atoms with Crippen molar-refractivity contribution >= 4 is 46.4 Å². The Labute approximate surface area is 190 Å². The van der Waals surface area contributed by atoms with Crippen LogP contribution in [0.15, 0.2) is 109 Å². The zero-order chi connectivity index (χ0) is 21.7. The van der Waals surface area contributed by atoms with Crippen molar-refractivity contribution in [2.75, 3.05) is 0 Å². The molecule has 4 aromatic rings. The number of nitrogens with zero attached hydrogens (tertiary/aromatic N) is 1. The third kappa shape index (κ3) is 4.23. The summed E-state index contributed by atoms with van der Waals surface area (Å²) in [6.07, 6.45) is 0. The first-order valence-electron chi connectivity index (χ1n) is 9.75. The molecule has 4 rings (SSSR count). The van der Waals surface area contributed by atoms with Crippen LogP contribution in [0, 0.1) is 20.0 Å². The molecule has 31 heavy (non-hydrogen) atoms. The van der Waals surface area contributed by atoms with Crippen LogP contribution < -0.4 is 10.7 Å². The number of halogens is 1. The number of nitro groups is 1. The predicted molar refractivity (Wildman–Crippen MR) is 129 cm³/mol. The van der Waals surface area contributed by atoms with E-state index in [9.17, 15) is 10.1 Å². The van der Waals surface area contributed by atoms with E-state index in [1.165, 1.54) is 16.8 Å². The Hall–Kier alpha value is -3.07. The fraction of sp³-hybridized carbons (Fsp3) is 0. The average Bonchev–Trinajstić information content (AvgIpc) is 2.82. The molecule has 0 unspecified atom stereocenters. The van der Waals surface area contributed by atoms with Crippen molar-refractivity contribution in [1.82, 2.24) is 0 Å². The number of benzene rings is 4. The fourth-order valence-corrected chi connectivity index (χ4v) is 14.9. The first kappa shape index (κ1) is 21.2. The molecule has 0 radical (unpaired) electrons. The average molecular weight is 531 g/mol. The Kier molecular flexibility index (Phi) is 6.41. The van der Waals surface area contributed by atoms with E-state index >= 15 is 0 Å². The van der Waals surface area contributed by atoms with E-state index in [-0.39, 0.29) is 16.3 Å². The molecule has 0 aromatic heterocycles. The topological polar surface area (TPSA) is 43.1 Å². The quantitative estimate of drug-likeness (QED) is 0.171. The molecule has 0 aliphatic heterocycles. The summed E-state index contributed by atoms with van der Waals surface area (Å²) in [7, 11) is 0. The first-order chi connectivity index (χ1) is 15.1. The van der Waals surface area contributed by atoms with Gasteiger partial charge in [0.2, 0.25) is 0 Å². The Morgan fingerprint density at radius 2 is 1.13 bits per heavy atom. The minimum absolute atomic E-state index is 0.0747. The molecule has 0 heterocycles. The summed E-state index contributed by atoms with van der Waals surface area (Å²) < 4.78 is 7.14. The predicted octanol–water partition coefficient (Wildman–Crippen LogP) is 4.31. The molecule has 0 spiro atoms. The van der Waals surface area contributed by atoms with Crippen LogP contribution in [-0.2, 0) is 0 Å². The number of hydrogen-bond donors (Lipinski definition) is 0. The van der Waals surface area contributed by atoms with Crippen LogP contribution in [0.3, 0.4) is 0 Å². The van der Waals surface area contributed by atoms with Crippen LogP contribution in [0.1, 0.15) is 5.56 Å². The van der Waals surface area contributed by atoms with E-state index in [1.54, 1.807) is 12.1 Å². The standard InChI is InChI=1S/C8H3ClNO2.3C6H5.Sn/c1-2-6-7(9)4-3-5-8(6)10(11)12;3*1-2-4-6-5-3-1;/h3-5H;3*1-5H;. The van der Waals surface area contributed by atoms with Gasteiger partial charge < -0.3 is 0 Å². The van der Waals surface area contributed by atoms with Crippen molar-refractivity contribution in [3.05, 3.63) is 130 Å². The Balaban J connectivity index is 2.07. The molecule has 0 bridgehead atoms. The summed E-state index contributed by atoms with van der Waals surface area (Å²) in [6.45, 7) is 0. The molecule has 150 valence electrons. The molecule has 0 saturated heterocycles. The van der Waals surface area contributed by atoms with Crippen LogP contribution >= 0.6 is 11.6 Å². The van der Waals surface area contributed by atoms with Gasteiger partial charge in [0, 0.05) is 0 Å². The second-order valence-electron chi connectivity index (χ2n) is 6.99. The van der Waals surface area contributed by atoms with Crippen molar-refractivity contribution in [3.8, 4) is 9.86 Å². The van der Waals surface area contributed by atoms with Gasteiger partial charge in [0.25, 0.3) is 0 Å². The van der Waals surface area contributed by atoms with E-state index in [0.29, 0.717) is 0 Å². The van der Waals surface area contributed by atoms with E-state index in [0.717, 1.165) is 0 Å². The van der Waals surface area contributed by atoms with Gasteiger partial charge in [-0.25, -0.2) is 0 Å². The maximum absolute atomic E-state index is 11.6. The van der Waals surface area contributed by atoms with Crippen molar-refractivity contribution in [3.63, 3.8) is 0 Å². The third-order valence-corrected chi connectivity index (χ3v) is 17.2. The van der Waals surface area contributed by atoms with Crippen molar-refractivity contribution in [1.29, 1.82) is 0 Å². The van der Waals surface area contributed by atoms with Crippen molar-refractivity contribution in [2.24, 2.45) is 0 Å². The Morgan fingerprint density at radius 3 is 1.55 bits per heavy atom. The maximum atomic E-state index is 11.6. The van der Waals surface area contributed by atoms with E-state index in [4.69, 9.17) is 11.6 Å². The van der Waals surface area contributed by atoms with Gasteiger partial charge in [-0.3, -0.25) is 0 Å². The molecule has 3 nitrogen and oxygen atoms in total. The molecule has 5 heteroatoms. The van der Waals surface area contributed by atoms with Crippen LogP contribution in [0.4, 0.5) is 5.69 Å². The second-order valence-corrected chi connectivity index (χ2v) is 17.3. The summed E-state index contributed by atoms with van der Waals surface area (Å²) in [5, 5.41) is 11.9. The van der Waals surface area contributed by atoms with Gasteiger partial charge in [0.1, 0.15) is 0 Å². The summed E-state index contributed by atoms with van der Waals surface area (Å²) in [4.78, 5) is 11.2. The molecule has 0 aliphatic carbocycles. The molecular weight excluding hydrogens is 512 g/mol. The molecule has 4 aromatic carbocycles. The molecule has 0 saturated carbocycles. The summed E-state index contributed by atoms with van der Waals surface area (Å²) in [5.74, 6) is 3.17. The molecule has 0 fully saturated rings. The van der Waals surface area contributed by atoms with E-state index in [1.807, 2.05) is 54.6 Å². The summed E-state index contributed by atoms with van der Waals surface area (Å²) in [5.41, 5.74) is 0.187. The van der Waals surface area contributed by atoms with Gasteiger partial charge in [-0.1, -0.05) is 0 Å². The van der Waals surface area contributed by atoms with Gasteiger partial charge >= 0.3 is 191 Å². The molecular formula is C26H18ClNO2Sn. The second kappa shape index (κ2) is 9.38. The van der Waals surface area contributed by atoms with Crippen LogP contribution in [0.5, 0.6) is 0 Å². The fourth-order valence-electron chi connectivity index (χ4n) is 3.73. The molecule has 0 N–H and O–H groups in total. The van der Waals surface area contributed by atoms with Crippen LogP contribution in [-0.4, -0.2) is 23.3 Å².